The molecule has 0 saturated carbocycles. The number of sulfonamides is 1. The van der Waals surface area contributed by atoms with Gasteiger partial charge in [0.2, 0.25) is 10.0 Å². The third-order valence-corrected chi connectivity index (χ3v) is 7.51. The topological polar surface area (TPSA) is 93.9 Å². The van der Waals surface area contributed by atoms with Crippen molar-refractivity contribution in [2.24, 2.45) is 0 Å². The highest BCUT2D eigenvalue weighted by atomic mass is 32.2. The molecule has 0 amide bonds. The summed E-state index contributed by atoms with van der Waals surface area (Å²) in [6.45, 7) is 4.40. The van der Waals surface area contributed by atoms with Crippen LogP contribution in [0.15, 0.2) is 46.6 Å². The Morgan fingerprint density at radius 2 is 1.93 bits per heavy atom. The number of ether oxygens (including phenoxy) is 1. The average Bonchev–Trinajstić information content (AvgIpc) is 3.15. The Hall–Kier alpha value is -2.43. The summed E-state index contributed by atoms with van der Waals surface area (Å²) in [6.07, 6.45) is 2.33. The van der Waals surface area contributed by atoms with Crippen LogP contribution in [0.4, 0.5) is 0 Å². The molecule has 0 saturated heterocycles. The lowest BCUT2D eigenvalue weighted by Gasteiger charge is -2.18. The van der Waals surface area contributed by atoms with E-state index < -0.39 is 10.0 Å². The van der Waals surface area contributed by atoms with Gasteiger partial charge in [-0.2, -0.15) is 4.31 Å². The summed E-state index contributed by atoms with van der Waals surface area (Å²) >= 11 is 1.38. The molecule has 0 atom stereocenters. The van der Waals surface area contributed by atoms with Crippen molar-refractivity contribution in [2.45, 2.75) is 29.7 Å². The molecule has 0 spiro atoms. The van der Waals surface area contributed by atoms with Gasteiger partial charge in [-0.05, 0) is 30.3 Å². The summed E-state index contributed by atoms with van der Waals surface area (Å²) < 4.78 is 34.1. The molecule has 2 aromatic heterocycles. The second-order valence-electron chi connectivity index (χ2n) is 6.14. The molecule has 0 aliphatic heterocycles. The number of methoxy groups -OCH3 is 1. The molecule has 2 heterocycles. The van der Waals surface area contributed by atoms with Gasteiger partial charge in [-0.15, -0.1) is 10.2 Å². The summed E-state index contributed by atoms with van der Waals surface area (Å²) in [4.78, 5) is 11.3. The highest BCUT2D eigenvalue weighted by Gasteiger charge is 2.23. The number of hydrogen-bond donors (Lipinski definition) is 0. The van der Waals surface area contributed by atoms with E-state index >= 15 is 0 Å². The minimum atomic E-state index is -3.59. The highest BCUT2D eigenvalue weighted by Crippen LogP contribution is 2.28. The number of rotatable bonds is 9. The number of aldehydes is 1. The fourth-order valence-corrected chi connectivity index (χ4v) is 5.29. The molecule has 3 aromatic rings. The summed E-state index contributed by atoms with van der Waals surface area (Å²) in [5, 5.41) is 8.84. The van der Waals surface area contributed by atoms with E-state index in [1.54, 1.807) is 61.9 Å². The summed E-state index contributed by atoms with van der Waals surface area (Å²) in [6, 6.07) is 8.38. The number of benzene rings is 1. The van der Waals surface area contributed by atoms with E-state index in [9.17, 15) is 13.2 Å². The number of pyridine rings is 1. The van der Waals surface area contributed by atoms with Gasteiger partial charge in [0.25, 0.3) is 0 Å². The van der Waals surface area contributed by atoms with Gasteiger partial charge in [0.1, 0.15) is 12.0 Å². The van der Waals surface area contributed by atoms with Gasteiger partial charge in [0.15, 0.2) is 10.8 Å². The van der Waals surface area contributed by atoms with Crippen LogP contribution in [0.1, 0.15) is 29.8 Å². The smallest absolute Gasteiger partial charge is 0.244 e. The lowest BCUT2D eigenvalue weighted by atomic mass is 10.1. The Kier molecular flexibility index (Phi) is 6.56. The number of carbonyl (C=O) groups is 1. The van der Waals surface area contributed by atoms with Gasteiger partial charge >= 0.3 is 0 Å². The Labute approximate surface area is 173 Å². The van der Waals surface area contributed by atoms with Crippen molar-refractivity contribution in [1.29, 1.82) is 0 Å². The van der Waals surface area contributed by atoms with Crippen LogP contribution in [0.5, 0.6) is 5.75 Å². The van der Waals surface area contributed by atoms with E-state index in [0.29, 0.717) is 41.0 Å². The maximum Gasteiger partial charge on any atom is 0.244 e. The molecule has 29 heavy (non-hydrogen) atoms. The lowest BCUT2D eigenvalue weighted by Crippen LogP contribution is -2.30. The molecule has 0 unspecified atom stereocenters. The van der Waals surface area contributed by atoms with Crippen LogP contribution in [0.3, 0.4) is 0 Å². The first kappa shape index (κ1) is 21.3. The van der Waals surface area contributed by atoms with Crippen LogP contribution in [0.25, 0.3) is 5.65 Å². The van der Waals surface area contributed by atoms with Gasteiger partial charge in [-0.1, -0.05) is 25.6 Å². The van der Waals surface area contributed by atoms with E-state index in [4.69, 9.17) is 4.74 Å². The summed E-state index contributed by atoms with van der Waals surface area (Å²) in [7, 11) is -2.01. The number of fused-ring (bicyclic) bond motifs is 1. The van der Waals surface area contributed by atoms with E-state index in [1.165, 1.54) is 16.1 Å². The summed E-state index contributed by atoms with van der Waals surface area (Å²) in [5.74, 6) is 1.15. The van der Waals surface area contributed by atoms with Gasteiger partial charge in [0.05, 0.1) is 12.0 Å². The largest absolute Gasteiger partial charge is 0.496 e. The van der Waals surface area contributed by atoms with Crippen molar-refractivity contribution >= 4 is 33.7 Å². The van der Waals surface area contributed by atoms with Crippen molar-refractivity contribution in [2.75, 3.05) is 20.2 Å². The molecule has 0 N–H and O–H groups in total. The molecule has 0 bridgehead atoms. The maximum atomic E-state index is 12.8. The minimum Gasteiger partial charge on any atom is -0.496 e. The fourth-order valence-electron chi connectivity index (χ4n) is 2.94. The van der Waals surface area contributed by atoms with Gasteiger partial charge in [-0.3, -0.25) is 9.20 Å². The zero-order valence-electron chi connectivity index (χ0n) is 16.4. The summed E-state index contributed by atoms with van der Waals surface area (Å²) in [5.41, 5.74) is 1.95. The fraction of sp³-hybridized carbons (Fsp3) is 0.316. The average molecular weight is 435 g/mol. The SMILES string of the molecule is CCN(CC)S(=O)(=O)c1ccc2nnc(SCc3cc(C=O)ccc3OC)n2c1. The first-order chi connectivity index (χ1) is 13.9. The molecule has 3 rings (SSSR count). The molecular formula is C19H22N4O4S2. The van der Waals surface area contributed by atoms with E-state index in [1.807, 2.05) is 0 Å². The number of hydrogen-bond acceptors (Lipinski definition) is 7. The molecule has 8 nitrogen and oxygen atoms in total. The van der Waals surface area contributed by atoms with Gasteiger partial charge in [-0.25, -0.2) is 8.42 Å². The Balaban J connectivity index is 1.93. The van der Waals surface area contributed by atoms with Crippen LogP contribution in [-0.2, 0) is 15.8 Å². The Morgan fingerprint density at radius 3 is 2.59 bits per heavy atom. The molecular weight excluding hydrogens is 412 g/mol. The predicted molar refractivity (Wildman–Crippen MR) is 111 cm³/mol. The van der Waals surface area contributed by atoms with Crippen LogP contribution in [0, 0.1) is 0 Å². The number of carbonyl (C=O) groups excluding carboxylic acids is 1. The second kappa shape index (κ2) is 8.93. The van der Waals surface area contributed by atoms with E-state index in [-0.39, 0.29) is 4.90 Å². The van der Waals surface area contributed by atoms with Crippen molar-refractivity contribution in [3.63, 3.8) is 0 Å². The third-order valence-electron chi connectivity index (χ3n) is 4.48. The van der Waals surface area contributed by atoms with Crippen LogP contribution in [0.2, 0.25) is 0 Å². The monoisotopic (exact) mass is 434 g/mol. The molecule has 0 fully saturated rings. The molecule has 0 aliphatic rings. The quantitative estimate of drug-likeness (QED) is 0.377. The zero-order chi connectivity index (χ0) is 21.0. The third kappa shape index (κ3) is 4.29. The zero-order valence-corrected chi connectivity index (χ0v) is 18.0. The molecule has 0 radical (unpaired) electrons. The Bertz CT molecular complexity index is 1120. The van der Waals surface area contributed by atoms with Crippen molar-refractivity contribution in [3.05, 3.63) is 47.7 Å². The molecule has 154 valence electrons. The second-order valence-corrected chi connectivity index (χ2v) is 9.02. The minimum absolute atomic E-state index is 0.191. The molecule has 1 aromatic carbocycles. The molecule has 10 heteroatoms. The number of aromatic nitrogens is 3. The van der Waals surface area contributed by atoms with E-state index in [2.05, 4.69) is 10.2 Å². The maximum absolute atomic E-state index is 12.8. The van der Waals surface area contributed by atoms with Crippen LogP contribution >= 0.6 is 11.8 Å². The number of nitrogens with zero attached hydrogens (tertiary/aromatic N) is 4. The predicted octanol–water partition coefficient (Wildman–Crippen LogP) is 2.87. The molecule has 0 aliphatic carbocycles. The van der Waals surface area contributed by atoms with Gasteiger partial charge < -0.3 is 4.74 Å². The number of thioether (sulfide) groups is 1. The van der Waals surface area contributed by atoms with Crippen molar-refractivity contribution in [1.82, 2.24) is 18.9 Å². The van der Waals surface area contributed by atoms with Crippen molar-refractivity contribution < 1.29 is 17.9 Å². The van der Waals surface area contributed by atoms with E-state index in [0.717, 1.165) is 11.8 Å². The van der Waals surface area contributed by atoms with Crippen molar-refractivity contribution in [3.8, 4) is 5.75 Å². The first-order valence-electron chi connectivity index (χ1n) is 9.04. The van der Waals surface area contributed by atoms with Crippen LogP contribution in [-0.4, -0.2) is 53.8 Å². The normalized spacial score (nSPS) is 11.9. The lowest BCUT2D eigenvalue weighted by molar-refractivity contribution is 0.112. The standard InChI is InChI=1S/C19H22N4O4S2/c1-4-22(5-2)29(25,26)16-7-9-18-20-21-19(23(18)11-16)28-13-15-10-14(12-24)6-8-17(15)27-3/h6-12H,4-5,13H2,1-3H3. The highest BCUT2D eigenvalue weighted by molar-refractivity contribution is 7.98. The first-order valence-corrected chi connectivity index (χ1v) is 11.5. The van der Waals surface area contributed by atoms with Gasteiger partial charge in [0, 0.05) is 36.2 Å². The van der Waals surface area contributed by atoms with Crippen LogP contribution < -0.4 is 4.74 Å². The Morgan fingerprint density at radius 1 is 1.17 bits per heavy atom.